The van der Waals surface area contributed by atoms with Gasteiger partial charge in [-0.25, -0.2) is 0 Å². The Morgan fingerprint density at radius 2 is 1.65 bits per heavy atom. The molecular weight excluding hydrogens is 344 g/mol. The Labute approximate surface area is 156 Å². The van der Waals surface area contributed by atoms with Crippen molar-refractivity contribution in [2.75, 3.05) is 16.9 Å². The number of carbonyl (C=O) groups is 2. The average Bonchev–Trinajstić information content (AvgIpc) is 3.18. The van der Waals surface area contributed by atoms with Gasteiger partial charge >= 0.3 is 0 Å². The molecular formula is C21H18N2O2S. The molecule has 0 spiro atoms. The first-order chi connectivity index (χ1) is 12.7. The highest BCUT2D eigenvalue weighted by Gasteiger charge is 2.35. The van der Waals surface area contributed by atoms with Crippen LogP contribution in [0.5, 0.6) is 0 Å². The fourth-order valence-electron chi connectivity index (χ4n) is 3.16. The van der Waals surface area contributed by atoms with Crippen LogP contribution in [0.25, 0.3) is 10.8 Å². The van der Waals surface area contributed by atoms with Crippen LogP contribution >= 0.6 is 11.8 Å². The summed E-state index contributed by atoms with van der Waals surface area (Å²) in [7, 11) is 0. The van der Waals surface area contributed by atoms with Crippen molar-refractivity contribution in [3.05, 3.63) is 78.4 Å². The number of nitrogens with zero attached hydrogens (tertiary/aromatic N) is 1. The molecule has 1 saturated heterocycles. The van der Waals surface area contributed by atoms with Gasteiger partial charge in [0.2, 0.25) is 5.91 Å². The molecule has 1 aliphatic rings. The van der Waals surface area contributed by atoms with Gasteiger partial charge in [-0.05, 0) is 23.6 Å². The van der Waals surface area contributed by atoms with Gasteiger partial charge in [-0.2, -0.15) is 0 Å². The maximum absolute atomic E-state index is 12.9. The average molecular weight is 362 g/mol. The van der Waals surface area contributed by atoms with Crippen molar-refractivity contribution in [3.63, 3.8) is 0 Å². The minimum atomic E-state index is -0.466. The van der Waals surface area contributed by atoms with Gasteiger partial charge in [-0.1, -0.05) is 54.6 Å². The van der Waals surface area contributed by atoms with E-state index in [0.717, 1.165) is 16.5 Å². The van der Waals surface area contributed by atoms with Crippen LogP contribution in [0.3, 0.4) is 0 Å². The molecule has 1 heterocycles. The van der Waals surface area contributed by atoms with Crippen LogP contribution in [0, 0.1) is 0 Å². The summed E-state index contributed by atoms with van der Waals surface area (Å²) in [6.07, 6.45) is 0. The first kappa shape index (κ1) is 16.7. The number of hydrogen-bond donors (Lipinski definition) is 1. The number of amides is 2. The maximum Gasteiger partial charge on any atom is 0.255 e. The molecule has 4 nitrogen and oxygen atoms in total. The zero-order chi connectivity index (χ0) is 17.9. The van der Waals surface area contributed by atoms with E-state index in [1.54, 1.807) is 28.8 Å². The fraction of sp³-hybridized carbons (Fsp3) is 0.143. The lowest BCUT2D eigenvalue weighted by atomic mass is 10.1. The zero-order valence-electron chi connectivity index (χ0n) is 14.1. The molecule has 1 atom stereocenters. The van der Waals surface area contributed by atoms with Gasteiger partial charge in [0.25, 0.3) is 5.91 Å². The van der Waals surface area contributed by atoms with Gasteiger partial charge in [0.15, 0.2) is 0 Å². The fourth-order valence-corrected chi connectivity index (χ4v) is 4.31. The molecule has 4 rings (SSSR count). The van der Waals surface area contributed by atoms with Gasteiger partial charge in [-0.3, -0.25) is 9.59 Å². The Morgan fingerprint density at radius 1 is 0.923 bits per heavy atom. The number of thioether (sulfide) groups is 1. The van der Waals surface area contributed by atoms with Gasteiger partial charge in [0.1, 0.15) is 6.04 Å². The lowest BCUT2D eigenvalue weighted by Gasteiger charge is -2.23. The molecule has 1 fully saturated rings. The summed E-state index contributed by atoms with van der Waals surface area (Å²) in [6.45, 7) is 0. The Hall–Kier alpha value is -2.79. The lowest BCUT2D eigenvalue weighted by molar-refractivity contribution is -0.119. The van der Waals surface area contributed by atoms with Crippen LogP contribution < -0.4 is 5.32 Å². The molecule has 1 aliphatic heterocycles. The number of benzene rings is 3. The van der Waals surface area contributed by atoms with Crippen molar-refractivity contribution in [2.45, 2.75) is 6.04 Å². The van der Waals surface area contributed by atoms with Crippen molar-refractivity contribution in [2.24, 2.45) is 0 Å². The number of hydrogen-bond acceptors (Lipinski definition) is 3. The van der Waals surface area contributed by atoms with Gasteiger partial charge in [0, 0.05) is 22.4 Å². The van der Waals surface area contributed by atoms with E-state index in [2.05, 4.69) is 5.32 Å². The van der Waals surface area contributed by atoms with Crippen molar-refractivity contribution in [3.8, 4) is 0 Å². The second-order valence-electron chi connectivity index (χ2n) is 6.17. The first-order valence-electron chi connectivity index (χ1n) is 8.46. The molecule has 0 aliphatic carbocycles. The number of anilines is 1. The van der Waals surface area contributed by atoms with E-state index in [0.29, 0.717) is 17.2 Å². The van der Waals surface area contributed by atoms with Crippen LogP contribution in [-0.4, -0.2) is 34.4 Å². The Balaban J connectivity index is 1.56. The largest absolute Gasteiger partial charge is 0.324 e. The summed E-state index contributed by atoms with van der Waals surface area (Å²) in [4.78, 5) is 27.3. The second-order valence-corrected chi connectivity index (χ2v) is 7.17. The van der Waals surface area contributed by atoms with Gasteiger partial charge in [-0.15, -0.1) is 11.8 Å². The molecule has 130 valence electrons. The molecule has 3 aromatic carbocycles. The highest BCUT2D eigenvalue weighted by atomic mass is 32.2. The van der Waals surface area contributed by atoms with Crippen LogP contribution in [-0.2, 0) is 4.79 Å². The van der Waals surface area contributed by atoms with E-state index in [1.807, 2.05) is 60.7 Å². The van der Waals surface area contributed by atoms with E-state index in [4.69, 9.17) is 0 Å². The second kappa shape index (κ2) is 7.22. The molecule has 0 unspecified atom stereocenters. The van der Waals surface area contributed by atoms with Gasteiger partial charge < -0.3 is 10.2 Å². The van der Waals surface area contributed by atoms with E-state index in [9.17, 15) is 9.59 Å². The van der Waals surface area contributed by atoms with E-state index < -0.39 is 6.04 Å². The first-order valence-corrected chi connectivity index (χ1v) is 9.62. The quantitative estimate of drug-likeness (QED) is 0.766. The number of nitrogens with one attached hydrogen (secondary N) is 1. The van der Waals surface area contributed by atoms with Crippen LogP contribution in [0.4, 0.5) is 5.69 Å². The van der Waals surface area contributed by atoms with Crippen LogP contribution in [0.15, 0.2) is 72.8 Å². The third-order valence-corrected chi connectivity index (χ3v) is 5.53. The monoisotopic (exact) mass is 362 g/mol. The third-order valence-electron chi connectivity index (χ3n) is 4.51. The summed E-state index contributed by atoms with van der Waals surface area (Å²) >= 11 is 1.60. The molecule has 1 N–H and O–H groups in total. The van der Waals surface area contributed by atoms with E-state index in [-0.39, 0.29) is 11.8 Å². The molecule has 0 saturated carbocycles. The van der Waals surface area contributed by atoms with Crippen molar-refractivity contribution in [1.82, 2.24) is 4.90 Å². The van der Waals surface area contributed by atoms with Crippen LogP contribution in [0.1, 0.15) is 10.4 Å². The summed E-state index contributed by atoms with van der Waals surface area (Å²) in [5.41, 5.74) is 1.38. The predicted octanol–water partition coefficient (Wildman–Crippen LogP) is 3.99. The maximum atomic E-state index is 12.9. The number of rotatable bonds is 3. The summed E-state index contributed by atoms with van der Waals surface area (Å²) < 4.78 is 0. The number of carbonyl (C=O) groups excluding carboxylic acids is 2. The molecule has 2 amide bonds. The smallest absolute Gasteiger partial charge is 0.255 e. The molecule has 26 heavy (non-hydrogen) atoms. The highest BCUT2D eigenvalue weighted by molar-refractivity contribution is 7.99. The molecule has 0 radical (unpaired) electrons. The third kappa shape index (κ3) is 3.18. The van der Waals surface area contributed by atoms with Crippen molar-refractivity contribution in [1.29, 1.82) is 0 Å². The highest BCUT2D eigenvalue weighted by Crippen LogP contribution is 2.27. The van der Waals surface area contributed by atoms with Gasteiger partial charge in [0.05, 0.1) is 5.88 Å². The molecule has 3 aromatic rings. The zero-order valence-corrected chi connectivity index (χ0v) is 14.9. The minimum Gasteiger partial charge on any atom is -0.324 e. The lowest BCUT2D eigenvalue weighted by Crippen LogP contribution is -2.44. The van der Waals surface area contributed by atoms with Crippen molar-refractivity contribution >= 4 is 40.0 Å². The summed E-state index contributed by atoms with van der Waals surface area (Å²) in [5, 5.41) is 5.08. The predicted molar refractivity (Wildman–Crippen MR) is 106 cm³/mol. The van der Waals surface area contributed by atoms with E-state index in [1.165, 1.54) is 0 Å². The van der Waals surface area contributed by atoms with Crippen molar-refractivity contribution < 1.29 is 9.59 Å². The molecule has 5 heteroatoms. The topological polar surface area (TPSA) is 49.4 Å². The molecule has 0 bridgehead atoms. The standard InChI is InChI=1S/C21H18N2O2S/c24-20(22-18-12-6-10-15-7-4-5-11-17(15)18)19-13-26-14-23(19)21(25)16-8-2-1-3-9-16/h1-12,19H,13-14H2,(H,22,24)/t19-/m0/s1. The van der Waals surface area contributed by atoms with E-state index >= 15 is 0 Å². The SMILES string of the molecule is O=C(Nc1cccc2ccccc12)[C@@H]1CSCN1C(=O)c1ccccc1. The normalized spacial score (nSPS) is 16.6. The number of fused-ring (bicyclic) bond motifs is 1. The Morgan fingerprint density at radius 3 is 2.50 bits per heavy atom. The summed E-state index contributed by atoms with van der Waals surface area (Å²) in [6, 6.07) is 22.4. The molecule has 0 aromatic heterocycles. The Bertz CT molecular complexity index is 953. The minimum absolute atomic E-state index is 0.103. The van der Waals surface area contributed by atoms with Crippen LogP contribution in [0.2, 0.25) is 0 Å². The summed E-state index contributed by atoms with van der Waals surface area (Å²) in [5.74, 6) is 0.889. The Kier molecular flexibility index (Phi) is 4.63.